The highest BCUT2D eigenvalue weighted by Gasteiger charge is 2.29. The first-order valence-electron chi connectivity index (χ1n) is 9.60. The summed E-state index contributed by atoms with van der Waals surface area (Å²) in [5.41, 5.74) is 1.61. The fourth-order valence-corrected chi connectivity index (χ4v) is 3.35. The Morgan fingerprint density at radius 3 is 2.63 bits per heavy atom. The molecule has 0 aliphatic carbocycles. The third kappa shape index (κ3) is 4.38. The van der Waals surface area contributed by atoms with Crippen LogP contribution in [0.15, 0.2) is 30.5 Å². The quantitative estimate of drug-likeness (QED) is 0.794. The van der Waals surface area contributed by atoms with Crippen LogP contribution in [0, 0.1) is 11.7 Å². The van der Waals surface area contributed by atoms with Crippen LogP contribution in [0.1, 0.15) is 57.7 Å². The molecule has 1 aromatic heterocycles. The first-order chi connectivity index (χ1) is 12.9. The van der Waals surface area contributed by atoms with Gasteiger partial charge in [0.05, 0.1) is 18.7 Å². The number of nitrogens with one attached hydrogen (secondary N) is 1. The van der Waals surface area contributed by atoms with Gasteiger partial charge in [0.2, 0.25) is 5.95 Å². The highest BCUT2D eigenvalue weighted by molar-refractivity contribution is 5.45. The second-order valence-electron chi connectivity index (χ2n) is 7.82. The molecule has 3 rings (SSSR count). The Kier molecular flexibility index (Phi) is 5.95. The molecule has 1 N–H and O–H groups in total. The number of hydrogen-bond acceptors (Lipinski definition) is 5. The second-order valence-corrected chi connectivity index (χ2v) is 7.82. The Hall–Kier alpha value is -2.21. The number of benzene rings is 1. The average Bonchev–Trinajstić information content (AvgIpc) is 3.11. The molecule has 1 aliphatic rings. The van der Waals surface area contributed by atoms with E-state index in [1.165, 1.54) is 0 Å². The minimum Gasteiger partial charge on any atom is -0.359 e. The number of ether oxygens (including phenoxy) is 1. The van der Waals surface area contributed by atoms with E-state index in [0.29, 0.717) is 42.7 Å². The summed E-state index contributed by atoms with van der Waals surface area (Å²) in [6, 6.07) is 7.38. The molecule has 6 heteroatoms. The minimum atomic E-state index is -0.239. The summed E-state index contributed by atoms with van der Waals surface area (Å²) in [6.07, 6.45) is 1.73. The molecule has 1 aromatic carbocycles. The number of rotatable bonds is 6. The van der Waals surface area contributed by atoms with E-state index in [9.17, 15) is 4.39 Å². The van der Waals surface area contributed by atoms with Crippen molar-refractivity contribution >= 4 is 11.8 Å². The summed E-state index contributed by atoms with van der Waals surface area (Å²) in [4.78, 5) is 11.1. The van der Waals surface area contributed by atoms with E-state index in [1.54, 1.807) is 12.3 Å². The molecule has 27 heavy (non-hydrogen) atoms. The number of halogens is 1. The molecule has 1 saturated heterocycles. The highest BCUT2D eigenvalue weighted by atomic mass is 19.1. The van der Waals surface area contributed by atoms with Gasteiger partial charge in [-0.05, 0) is 36.5 Å². The molecule has 2 heterocycles. The molecule has 0 saturated carbocycles. The maximum absolute atomic E-state index is 14.5. The van der Waals surface area contributed by atoms with Gasteiger partial charge in [-0.1, -0.05) is 39.8 Å². The predicted molar refractivity (Wildman–Crippen MR) is 106 cm³/mol. The monoisotopic (exact) mass is 372 g/mol. The van der Waals surface area contributed by atoms with E-state index in [4.69, 9.17) is 4.74 Å². The molecule has 2 atom stereocenters. The third-order valence-electron chi connectivity index (χ3n) is 5.13. The molecule has 2 aromatic rings. The normalized spacial score (nSPS) is 18.4. The van der Waals surface area contributed by atoms with Crippen LogP contribution in [0.4, 0.5) is 16.2 Å². The number of aromatic nitrogens is 2. The van der Waals surface area contributed by atoms with Crippen molar-refractivity contribution in [2.24, 2.45) is 5.92 Å². The van der Waals surface area contributed by atoms with Crippen molar-refractivity contribution < 1.29 is 9.13 Å². The van der Waals surface area contributed by atoms with Crippen LogP contribution >= 0.6 is 0 Å². The van der Waals surface area contributed by atoms with Crippen LogP contribution in [0.3, 0.4) is 0 Å². The van der Waals surface area contributed by atoms with Gasteiger partial charge in [0.15, 0.2) is 0 Å². The lowest BCUT2D eigenvalue weighted by atomic mass is 9.99. The minimum absolute atomic E-state index is 0.204. The summed E-state index contributed by atoms with van der Waals surface area (Å²) >= 11 is 0. The van der Waals surface area contributed by atoms with Gasteiger partial charge < -0.3 is 15.0 Å². The van der Waals surface area contributed by atoms with Gasteiger partial charge >= 0.3 is 0 Å². The van der Waals surface area contributed by atoms with Crippen molar-refractivity contribution in [3.63, 3.8) is 0 Å². The lowest BCUT2D eigenvalue weighted by molar-refractivity contribution is 0.188. The largest absolute Gasteiger partial charge is 0.359 e. The molecule has 1 fully saturated rings. The van der Waals surface area contributed by atoms with Crippen LogP contribution in [0.25, 0.3) is 0 Å². The summed E-state index contributed by atoms with van der Waals surface area (Å²) in [7, 11) is 0. The lowest BCUT2D eigenvalue weighted by Gasteiger charge is -2.26. The van der Waals surface area contributed by atoms with Gasteiger partial charge in [-0.2, -0.15) is 4.98 Å². The third-order valence-corrected chi connectivity index (χ3v) is 5.13. The van der Waals surface area contributed by atoms with Crippen molar-refractivity contribution in [3.8, 4) is 0 Å². The number of hydrogen-bond donors (Lipinski definition) is 1. The van der Waals surface area contributed by atoms with Gasteiger partial charge in [0, 0.05) is 11.8 Å². The van der Waals surface area contributed by atoms with Crippen LogP contribution in [-0.2, 0) is 4.74 Å². The molecule has 0 unspecified atom stereocenters. The summed E-state index contributed by atoms with van der Waals surface area (Å²) in [5, 5.41) is 3.23. The summed E-state index contributed by atoms with van der Waals surface area (Å²) in [6.45, 7) is 11.6. The number of anilines is 2. The average molecular weight is 372 g/mol. The van der Waals surface area contributed by atoms with Gasteiger partial charge in [0.1, 0.15) is 18.4 Å². The highest BCUT2D eigenvalue weighted by Crippen LogP contribution is 2.27. The van der Waals surface area contributed by atoms with Crippen LogP contribution < -0.4 is 10.2 Å². The van der Waals surface area contributed by atoms with Crippen molar-refractivity contribution in [2.75, 3.05) is 23.6 Å². The van der Waals surface area contributed by atoms with E-state index in [2.05, 4.69) is 47.9 Å². The molecule has 146 valence electrons. The van der Waals surface area contributed by atoms with Crippen LogP contribution in [-0.4, -0.2) is 29.3 Å². The Morgan fingerprint density at radius 1 is 1.19 bits per heavy atom. The topological polar surface area (TPSA) is 50.3 Å². The van der Waals surface area contributed by atoms with E-state index >= 15 is 0 Å². The SMILES string of the molecule is CC(C)c1ccc([C@H](C)Nc2nccc(N3COC[C@@H]3C(C)C)n2)c(F)c1. The molecule has 1 aliphatic heterocycles. The van der Waals surface area contributed by atoms with E-state index in [1.807, 2.05) is 25.1 Å². The molecule has 0 spiro atoms. The fourth-order valence-electron chi connectivity index (χ4n) is 3.35. The zero-order valence-electron chi connectivity index (χ0n) is 16.7. The van der Waals surface area contributed by atoms with Gasteiger partial charge in [-0.15, -0.1) is 0 Å². The van der Waals surface area contributed by atoms with Gasteiger partial charge in [-0.3, -0.25) is 0 Å². The maximum Gasteiger partial charge on any atom is 0.225 e. The Balaban J connectivity index is 1.76. The molecular formula is C21H29FN4O. The van der Waals surface area contributed by atoms with Crippen molar-refractivity contribution in [1.29, 1.82) is 0 Å². The summed E-state index contributed by atoms with van der Waals surface area (Å²) in [5.74, 6) is 1.87. The maximum atomic E-state index is 14.5. The molecule has 0 radical (unpaired) electrons. The summed E-state index contributed by atoms with van der Waals surface area (Å²) < 4.78 is 20.1. The first kappa shape index (κ1) is 19.5. The molecule has 0 bridgehead atoms. The second kappa shape index (κ2) is 8.21. The predicted octanol–water partition coefficient (Wildman–Crippen LogP) is 4.73. The Bertz CT molecular complexity index is 781. The van der Waals surface area contributed by atoms with Gasteiger partial charge in [0.25, 0.3) is 0 Å². The van der Waals surface area contributed by atoms with E-state index in [0.717, 1.165) is 11.4 Å². The Labute approximate surface area is 161 Å². The van der Waals surface area contributed by atoms with Crippen molar-refractivity contribution in [3.05, 3.63) is 47.4 Å². The number of nitrogens with zero attached hydrogens (tertiary/aromatic N) is 3. The molecular weight excluding hydrogens is 343 g/mol. The standard InChI is InChI=1S/C21H29FN4O/c1-13(2)16-6-7-17(18(22)10-16)15(5)24-21-23-9-8-20(25-21)26-12-27-11-19(26)14(3)4/h6-10,13-15,19H,11-12H2,1-5H3,(H,23,24,25)/t15-,19+/m0/s1. The first-order valence-corrected chi connectivity index (χ1v) is 9.60. The smallest absolute Gasteiger partial charge is 0.225 e. The fraction of sp³-hybridized carbons (Fsp3) is 0.524. The molecule has 5 nitrogen and oxygen atoms in total. The van der Waals surface area contributed by atoms with Crippen molar-refractivity contribution in [2.45, 2.75) is 52.6 Å². The zero-order chi connectivity index (χ0) is 19.6. The van der Waals surface area contributed by atoms with E-state index in [-0.39, 0.29) is 11.9 Å². The zero-order valence-corrected chi connectivity index (χ0v) is 16.7. The van der Waals surface area contributed by atoms with Crippen LogP contribution in [0.5, 0.6) is 0 Å². The molecule has 0 amide bonds. The van der Waals surface area contributed by atoms with Gasteiger partial charge in [-0.25, -0.2) is 9.37 Å². The Morgan fingerprint density at radius 2 is 1.96 bits per heavy atom. The van der Waals surface area contributed by atoms with E-state index < -0.39 is 0 Å². The lowest BCUT2D eigenvalue weighted by Crippen LogP contribution is -2.35. The van der Waals surface area contributed by atoms with Crippen LogP contribution in [0.2, 0.25) is 0 Å². The van der Waals surface area contributed by atoms with Crippen molar-refractivity contribution in [1.82, 2.24) is 9.97 Å².